The molecule has 0 amide bonds. The first kappa shape index (κ1) is 13.7. The molecule has 118 valence electrons. The van der Waals surface area contributed by atoms with Crippen LogP contribution in [0.4, 0.5) is 5.69 Å². The van der Waals surface area contributed by atoms with Gasteiger partial charge in [-0.2, -0.15) is 0 Å². The number of hydrogen-bond acceptors (Lipinski definition) is 2. The van der Waals surface area contributed by atoms with Gasteiger partial charge in [0.15, 0.2) is 6.04 Å². The molecule has 0 radical (unpaired) electrons. The Hall–Kier alpha value is -2.71. The Labute approximate surface area is 140 Å². The summed E-state index contributed by atoms with van der Waals surface area (Å²) in [5, 5.41) is 2.16. The average Bonchev–Trinajstić information content (AvgIpc) is 3.27. The Morgan fingerprint density at radius 3 is 2.79 bits per heavy atom. The fraction of sp³-hybridized carbons (Fsp3) is 0.300. The molecule has 2 aliphatic rings. The highest BCUT2D eigenvalue weighted by Crippen LogP contribution is 2.34. The second kappa shape index (κ2) is 5.43. The van der Waals surface area contributed by atoms with Gasteiger partial charge in [-0.15, -0.1) is 0 Å². The first-order valence-corrected chi connectivity index (χ1v) is 8.68. The van der Waals surface area contributed by atoms with E-state index in [0.29, 0.717) is 11.8 Å². The highest BCUT2D eigenvalue weighted by Gasteiger charge is 2.30. The molecule has 1 saturated carbocycles. The Kier molecular flexibility index (Phi) is 3.10. The van der Waals surface area contributed by atoms with E-state index in [1.165, 1.54) is 32.1 Å². The van der Waals surface area contributed by atoms with Crippen LogP contribution in [0.25, 0.3) is 22.1 Å². The van der Waals surface area contributed by atoms with Gasteiger partial charge >= 0.3 is 6.01 Å². The Balaban J connectivity index is 1.67. The normalized spacial score (nSPS) is 18.3. The van der Waals surface area contributed by atoms with Crippen LogP contribution in [-0.4, -0.2) is 26.2 Å². The summed E-state index contributed by atoms with van der Waals surface area (Å²) >= 11 is 0. The monoisotopic (exact) mass is 317 g/mol. The summed E-state index contributed by atoms with van der Waals surface area (Å²) < 4.78 is 10.3. The van der Waals surface area contributed by atoms with Gasteiger partial charge in [-0.3, -0.25) is 0 Å². The molecule has 5 rings (SSSR count). The van der Waals surface area contributed by atoms with Gasteiger partial charge in [-0.25, -0.2) is 4.98 Å². The highest BCUT2D eigenvalue weighted by atomic mass is 16.3. The zero-order valence-corrected chi connectivity index (χ0v) is 13.5. The van der Waals surface area contributed by atoms with E-state index in [-0.39, 0.29) is 0 Å². The third-order valence-corrected chi connectivity index (χ3v) is 5.08. The van der Waals surface area contributed by atoms with Gasteiger partial charge in [0, 0.05) is 35.9 Å². The molecule has 2 aromatic heterocycles. The van der Waals surface area contributed by atoms with Crippen molar-refractivity contribution in [2.75, 3.05) is 0 Å². The van der Waals surface area contributed by atoms with E-state index in [1.54, 1.807) is 6.20 Å². The van der Waals surface area contributed by atoms with E-state index in [0.717, 1.165) is 22.0 Å². The van der Waals surface area contributed by atoms with Crippen LogP contribution < -0.4 is 0 Å². The largest absolute Gasteiger partial charge is 0.495 e. The molecule has 24 heavy (non-hydrogen) atoms. The maximum Gasteiger partial charge on any atom is 0.495 e. The van der Waals surface area contributed by atoms with Crippen LogP contribution in [-0.2, 0) is 0 Å². The van der Waals surface area contributed by atoms with E-state index < -0.39 is 0 Å². The summed E-state index contributed by atoms with van der Waals surface area (Å²) in [5.74, 6) is 0. The Morgan fingerprint density at radius 2 is 1.88 bits per heavy atom. The summed E-state index contributed by atoms with van der Waals surface area (Å²) in [4.78, 5) is 4.34. The van der Waals surface area contributed by atoms with Crippen LogP contribution in [0, 0.1) is 0 Å². The third kappa shape index (κ3) is 2.11. The van der Waals surface area contributed by atoms with Gasteiger partial charge in [0.1, 0.15) is 0 Å². The van der Waals surface area contributed by atoms with Gasteiger partial charge in [-0.1, -0.05) is 21.6 Å². The standard InChI is InChI=1S/C20H19N3O/c1-2-6-15(7-3-1)22-12-13-23(14-22)18-10-4-8-16-17-9-5-11-21-20(17)24-19(16)18/h4-5,8-13,15H,1-3,6-7H2/q+2. The van der Waals surface area contributed by atoms with Crippen molar-refractivity contribution in [3.8, 4) is 0 Å². The minimum Gasteiger partial charge on any atom is -0.431 e. The van der Waals surface area contributed by atoms with Crippen molar-refractivity contribution >= 4 is 33.8 Å². The lowest BCUT2D eigenvalue weighted by molar-refractivity contribution is -0.504. The highest BCUT2D eigenvalue weighted by molar-refractivity contribution is 6.06. The molecule has 3 heterocycles. The van der Waals surface area contributed by atoms with Crippen LogP contribution in [0.2, 0.25) is 0 Å². The number of hydrogen-bond donors (Lipinski definition) is 0. The molecule has 0 bridgehead atoms. The molecular formula is C20H19N3O+2. The molecule has 0 spiro atoms. The molecule has 4 nitrogen and oxygen atoms in total. The number of nitrogens with zero attached hydrogens (tertiary/aromatic N) is 3. The number of furan rings is 1. The van der Waals surface area contributed by atoms with Crippen molar-refractivity contribution in [3.63, 3.8) is 0 Å². The van der Waals surface area contributed by atoms with Gasteiger partial charge in [0.05, 0.1) is 0 Å². The van der Waals surface area contributed by atoms with E-state index >= 15 is 0 Å². The fourth-order valence-electron chi connectivity index (χ4n) is 3.83. The molecule has 4 heteroatoms. The first-order valence-electron chi connectivity index (χ1n) is 8.68. The molecule has 0 saturated heterocycles. The molecule has 1 aliphatic carbocycles. The molecule has 0 N–H and O–H groups in total. The Morgan fingerprint density at radius 1 is 1.00 bits per heavy atom. The van der Waals surface area contributed by atoms with E-state index in [9.17, 15) is 0 Å². The summed E-state index contributed by atoms with van der Waals surface area (Å²) in [5.41, 5.74) is 2.57. The van der Waals surface area contributed by atoms with Crippen LogP contribution in [0.15, 0.2) is 53.3 Å². The van der Waals surface area contributed by atoms with Crippen LogP contribution in [0.3, 0.4) is 0 Å². The maximum atomic E-state index is 6.03. The third-order valence-electron chi connectivity index (χ3n) is 5.08. The number of para-hydroxylation sites is 1. The fourth-order valence-corrected chi connectivity index (χ4v) is 3.83. The molecule has 3 aromatic rings. The molecule has 1 aromatic carbocycles. The lowest BCUT2D eigenvalue weighted by Crippen LogP contribution is -2.23. The average molecular weight is 317 g/mol. The predicted octanol–water partition coefficient (Wildman–Crippen LogP) is 4.63. The molecule has 1 aliphatic heterocycles. The zero-order valence-electron chi connectivity index (χ0n) is 13.5. The summed E-state index contributed by atoms with van der Waals surface area (Å²) in [6.07, 6.45) is 12.5. The summed E-state index contributed by atoms with van der Waals surface area (Å²) in [6, 6.07) is 14.3. The minimum atomic E-state index is 0.580. The van der Waals surface area contributed by atoms with Crippen molar-refractivity contribution in [1.29, 1.82) is 0 Å². The second-order valence-electron chi connectivity index (χ2n) is 6.58. The number of rotatable bonds is 2. The summed E-state index contributed by atoms with van der Waals surface area (Å²) in [6.45, 7) is 0. The number of fused-ring (bicyclic) bond motifs is 3. The van der Waals surface area contributed by atoms with Crippen LogP contribution >= 0.6 is 0 Å². The van der Waals surface area contributed by atoms with Crippen molar-refractivity contribution in [1.82, 2.24) is 4.98 Å². The number of aromatic nitrogens is 1. The quantitative estimate of drug-likeness (QED) is 0.645. The number of pyridine rings is 1. The minimum absolute atomic E-state index is 0.580. The topological polar surface area (TPSA) is 32.0 Å². The predicted molar refractivity (Wildman–Crippen MR) is 92.7 cm³/mol. The first-order chi connectivity index (χ1) is 11.9. The van der Waals surface area contributed by atoms with E-state index in [1.807, 2.05) is 10.6 Å². The summed E-state index contributed by atoms with van der Waals surface area (Å²) in [7, 11) is 0. The molecule has 0 unspecified atom stereocenters. The van der Waals surface area contributed by atoms with E-state index in [2.05, 4.69) is 52.2 Å². The smallest absolute Gasteiger partial charge is 0.431 e. The zero-order chi connectivity index (χ0) is 15.9. The molecule has 0 atom stereocenters. The van der Waals surface area contributed by atoms with Gasteiger partial charge in [-0.05, 0) is 31.0 Å². The maximum absolute atomic E-state index is 6.03. The van der Waals surface area contributed by atoms with Crippen LogP contribution in [0.1, 0.15) is 32.1 Å². The van der Waals surface area contributed by atoms with Gasteiger partial charge in [0.2, 0.25) is 17.5 Å². The number of benzene rings is 1. The lowest BCUT2D eigenvalue weighted by atomic mass is 9.95. The van der Waals surface area contributed by atoms with Gasteiger partial charge < -0.3 is 4.42 Å². The van der Waals surface area contributed by atoms with E-state index in [4.69, 9.17) is 4.42 Å². The molecule has 1 fully saturated rings. The van der Waals surface area contributed by atoms with Crippen molar-refractivity contribution in [3.05, 3.63) is 48.9 Å². The van der Waals surface area contributed by atoms with Crippen molar-refractivity contribution in [2.45, 2.75) is 38.1 Å². The van der Waals surface area contributed by atoms with Gasteiger partial charge in [0.25, 0.3) is 11.9 Å². The van der Waals surface area contributed by atoms with Crippen LogP contribution in [0.5, 0.6) is 0 Å². The SMILES string of the molecule is C1=[N+](c2cccc3c2oc2ncccc23)C=C[N+]=1C1CCCCC1. The van der Waals surface area contributed by atoms with Crippen molar-refractivity contribution < 1.29 is 13.6 Å². The second-order valence-corrected chi connectivity index (χ2v) is 6.58. The van der Waals surface area contributed by atoms with Crippen molar-refractivity contribution in [2.24, 2.45) is 0 Å². The molecular weight excluding hydrogens is 298 g/mol. The lowest BCUT2D eigenvalue weighted by Gasteiger charge is -2.13. The Bertz CT molecular complexity index is 1030.